The van der Waals surface area contributed by atoms with E-state index >= 15 is 0 Å². The number of ether oxygens (including phenoxy) is 1. The van der Waals surface area contributed by atoms with Gasteiger partial charge >= 0.3 is 0 Å². The lowest BCUT2D eigenvalue weighted by atomic mass is 10.1. The van der Waals surface area contributed by atoms with Crippen LogP contribution in [0.4, 0.5) is 0 Å². The van der Waals surface area contributed by atoms with Gasteiger partial charge in [0.15, 0.2) is 0 Å². The fraction of sp³-hybridized carbons (Fsp3) is 0.538. The van der Waals surface area contributed by atoms with Crippen LogP contribution < -0.4 is 10.1 Å². The highest BCUT2D eigenvalue weighted by atomic mass is 79.9. The van der Waals surface area contributed by atoms with Crippen molar-refractivity contribution in [1.29, 1.82) is 0 Å². The van der Waals surface area contributed by atoms with Crippen LogP contribution in [0.2, 0.25) is 5.02 Å². The Morgan fingerprint density at radius 2 is 2.06 bits per heavy atom. The van der Waals surface area contributed by atoms with Crippen LogP contribution in [0.25, 0.3) is 0 Å². The molecule has 1 rings (SSSR count). The molecule has 0 aliphatic rings. The van der Waals surface area contributed by atoms with Crippen LogP contribution in [0, 0.1) is 0 Å². The minimum atomic E-state index is 0.162. The van der Waals surface area contributed by atoms with Crippen LogP contribution in [0.1, 0.15) is 27.2 Å². The highest BCUT2D eigenvalue weighted by Gasteiger charge is 2.07. The van der Waals surface area contributed by atoms with E-state index in [1.807, 2.05) is 18.2 Å². The molecule has 0 amide bonds. The van der Waals surface area contributed by atoms with E-state index < -0.39 is 0 Å². The van der Waals surface area contributed by atoms with E-state index in [0.717, 1.165) is 23.2 Å². The summed E-state index contributed by atoms with van der Waals surface area (Å²) in [5.74, 6) is 0.741. The molecule has 2 nitrogen and oxygen atoms in total. The molecular formula is C13H19BrClNO. The second-order valence-corrected chi connectivity index (χ2v) is 6.28. The van der Waals surface area contributed by atoms with Gasteiger partial charge < -0.3 is 10.1 Å². The molecule has 0 unspecified atom stereocenters. The van der Waals surface area contributed by atoms with Gasteiger partial charge in [-0.05, 0) is 51.9 Å². The van der Waals surface area contributed by atoms with Gasteiger partial charge in [0.1, 0.15) is 5.75 Å². The monoisotopic (exact) mass is 319 g/mol. The van der Waals surface area contributed by atoms with Crippen molar-refractivity contribution in [2.24, 2.45) is 0 Å². The molecule has 1 aromatic carbocycles. The van der Waals surface area contributed by atoms with Crippen molar-refractivity contribution < 1.29 is 4.74 Å². The average molecular weight is 321 g/mol. The van der Waals surface area contributed by atoms with Crippen molar-refractivity contribution in [3.63, 3.8) is 0 Å². The SMILES string of the molecule is CC(C)(C)NCCCOc1ccc(Br)cc1Cl. The van der Waals surface area contributed by atoms with E-state index in [9.17, 15) is 0 Å². The van der Waals surface area contributed by atoms with Crippen LogP contribution in [0.3, 0.4) is 0 Å². The quantitative estimate of drug-likeness (QED) is 0.819. The maximum atomic E-state index is 6.04. The van der Waals surface area contributed by atoms with Gasteiger partial charge in [0.2, 0.25) is 0 Å². The molecule has 0 aliphatic carbocycles. The Morgan fingerprint density at radius 1 is 1.35 bits per heavy atom. The smallest absolute Gasteiger partial charge is 0.137 e. The molecule has 96 valence electrons. The van der Waals surface area contributed by atoms with Gasteiger partial charge in [-0.15, -0.1) is 0 Å². The summed E-state index contributed by atoms with van der Waals surface area (Å²) >= 11 is 9.41. The number of nitrogens with one attached hydrogen (secondary N) is 1. The Balaban J connectivity index is 2.27. The molecule has 0 saturated heterocycles. The molecule has 1 aromatic rings. The first-order valence-corrected chi connectivity index (χ1v) is 6.88. The number of halogens is 2. The van der Waals surface area contributed by atoms with Gasteiger partial charge in [-0.1, -0.05) is 27.5 Å². The first-order chi connectivity index (χ1) is 7.88. The summed E-state index contributed by atoms with van der Waals surface area (Å²) in [7, 11) is 0. The molecule has 1 N–H and O–H groups in total. The normalized spacial score (nSPS) is 11.6. The lowest BCUT2D eigenvalue weighted by Gasteiger charge is -2.20. The summed E-state index contributed by atoms with van der Waals surface area (Å²) in [5.41, 5.74) is 0.162. The summed E-state index contributed by atoms with van der Waals surface area (Å²) in [4.78, 5) is 0. The Hall–Kier alpha value is -0.250. The zero-order valence-corrected chi connectivity index (χ0v) is 12.9. The van der Waals surface area contributed by atoms with Crippen molar-refractivity contribution in [3.05, 3.63) is 27.7 Å². The fourth-order valence-corrected chi connectivity index (χ4v) is 2.04. The van der Waals surface area contributed by atoms with Gasteiger partial charge in [-0.3, -0.25) is 0 Å². The molecule has 0 aliphatic heterocycles. The summed E-state index contributed by atoms with van der Waals surface area (Å²) in [6, 6.07) is 5.64. The predicted molar refractivity (Wildman–Crippen MR) is 77.0 cm³/mol. The summed E-state index contributed by atoms with van der Waals surface area (Å²) in [5, 5.41) is 4.05. The Morgan fingerprint density at radius 3 is 2.65 bits per heavy atom. The zero-order chi connectivity index (χ0) is 12.9. The van der Waals surface area contributed by atoms with Crippen molar-refractivity contribution in [2.75, 3.05) is 13.2 Å². The van der Waals surface area contributed by atoms with Crippen LogP contribution in [0.5, 0.6) is 5.75 Å². The van der Waals surface area contributed by atoms with E-state index in [-0.39, 0.29) is 5.54 Å². The second-order valence-electron chi connectivity index (χ2n) is 4.95. The van der Waals surface area contributed by atoms with Gasteiger partial charge in [-0.25, -0.2) is 0 Å². The standard InChI is InChI=1S/C13H19BrClNO/c1-13(2,3)16-7-4-8-17-12-6-5-10(14)9-11(12)15/h5-6,9,16H,4,7-8H2,1-3H3. The van der Waals surface area contributed by atoms with Crippen molar-refractivity contribution >= 4 is 27.5 Å². The first kappa shape index (κ1) is 14.8. The molecule has 0 heterocycles. The van der Waals surface area contributed by atoms with Crippen LogP contribution in [-0.2, 0) is 0 Å². The fourth-order valence-electron chi connectivity index (χ4n) is 1.31. The van der Waals surface area contributed by atoms with Gasteiger partial charge in [0.05, 0.1) is 11.6 Å². The zero-order valence-electron chi connectivity index (χ0n) is 10.5. The van der Waals surface area contributed by atoms with Crippen molar-refractivity contribution in [1.82, 2.24) is 5.32 Å². The Bertz CT molecular complexity index is 363. The van der Waals surface area contributed by atoms with Gasteiger partial charge in [0.25, 0.3) is 0 Å². The summed E-state index contributed by atoms with van der Waals surface area (Å²) in [6.07, 6.45) is 0.962. The van der Waals surface area contributed by atoms with Gasteiger partial charge in [0, 0.05) is 10.0 Å². The molecule has 0 bridgehead atoms. The van der Waals surface area contributed by atoms with Crippen LogP contribution >= 0.6 is 27.5 Å². The topological polar surface area (TPSA) is 21.3 Å². The third-order valence-corrected chi connectivity index (χ3v) is 2.92. The van der Waals surface area contributed by atoms with Crippen molar-refractivity contribution in [2.45, 2.75) is 32.7 Å². The largest absolute Gasteiger partial charge is 0.492 e. The third-order valence-electron chi connectivity index (χ3n) is 2.13. The Kier molecular flexibility index (Phi) is 5.77. The van der Waals surface area contributed by atoms with Crippen molar-refractivity contribution in [3.8, 4) is 5.75 Å². The molecule has 0 fully saturated rings. The average Bonchev–Trinajstić information content (AvgIpc) is 2.18. The molecule has 0 radical (unpaired) electrons. The minimum Gasteiger partial charge on any atom is -0.492 e. The molecule has 0 spiro atoms. The number of rotatable bonds is 5. The maximum absolute atomic E-state index is 6.04. The molecule has 0 aromatic heterocycles. The number of benzene rings is 1. The second kappa shape index (κ2) is 6.62. The minimum absolute atomic E-state index is 0.162. The molecule has 17 heavy (non-hydrogen) atoms. The molecule has 0 saturated carbocycles. The molecule has 0 atom stereocenters. The highest BCUT2D eigenvalue weighted by Crippen LogP contribution is 2.27. The number of hydrogen-bond acceptors (Lipinski definition) is 2. The Labute approximate surface area is 117 Å². The third kappa shape index (κ3) is 6.29. The van der Waals surface area contributed by atoms with E-state index in [0.29, 0.717) is 11.6 Å². The summed E-state index contributed by atoms with van der Waals surface area (Å²) in [6.45, 7) is 8.07. The van der Waals surface area contributed by atoms with E-state index in [1.165, 1.54) is 0 Å². The van der Waals surface area contributed by atoms with E-state index in [4.69, 9.17) is 16.3 Å². The highest BCUT2D eigenvalue weighted by molar-refractivity contribution is 9.10. The van der Waals surface area contributed by atoms with Crippen LogP contribution in [0.15, 0.2) is 22.7 Å². The lowest BCUT2D eigenvalue weighted by Crippen LogP contribution is -2.36. The summed E-state index contributed by atoms with van der Waals surface area (Å²) < 4.78 is 6.58. The van der Waals surface area contributed by atoms with Gasteiger partial charge in [-0.2, -0.15) is 0 Å². The predicted octanol–water partition coefficient (Wildman–Crippen LogP) is 4.26. The lowest BCUT2D eigenvalue weighted by molar-refractivity contribution is 0.298. The van der Waals surface area contributed by atoms with Crippen LogP contribution in [-0.4, -0.2) is 18.7 Å². The first-order valence-electron chi connectivity index (χ1n) is 5.71. The molecular weight excluding hydrogens is 302 g/mol. The maximum Gasteiger partial charge on any atom is 0.137 e. The number of hydrogen-bond donors (Lipinski definition) is 1. The van der Waals surface area contributed by atoms with E-state index in [2.05, 4.69) is 42.0 Å². The van der Waals surface area contributed by atoms with E-state index in [1.54, 1.807) is 0 Å². The molecule has 4 heteroatoms.